The van der Waals surface area contributed by atoms with E-state index in [4.69, 9.17) is 9.15 Å². The standard InChI is InChI=1S/C16H25N3O2/c1-12-6-8-21-16(12)11-19(7-9-20-5)10-15-13(2)17-18(4)14(15)3/h6,8H,7,9-11H2,1-5H3. The van der Waals surface area contributed by atoms with Gasteiger partial charge in [-0.25, -0.2) is 0 Å². The molecule has 0 fully saturated rings. The zero-order valence-electron chi connectivity index (χ0n) is 13.6. The summed E-state index contributed by atoms with van der Waals surface area (Å²) >= 11 is 0. The van der Waals surface area contributed by atoms with Crippen molar-refractivity contribution in [1.29, 1.82) is 0 Å². The van der Waals surface area contributed by atoms with Crippen molar-refractivity contribution in [2.45, 2.75) is 33.9 Å². The summed E-state index contributed by atoms with van der Waals surface area (Å²) < 4.78 is 12.7. The zero-order chi connectivity index (χ0) is 15.4. The average molecular weight is 291 g/mol. The highest BCUT2D eigenvalue weighted by atomic mass is 16.5. The van der Waals surface area contributed by atoms with Gasteiger partial charge in [0.05, 0.1) is 25.1 Å². The van der Waals surface area contributed by atoms with Crippen molar-refractivity contribution < 1.29 is 9.15 Å². The fourth-order valence-corrected chi connectivity index (χ4v) is 2.47. The minimum absolute atomic E-state index is 0.706. The van der Waals surface area contributed by atoms with Crippen LogP contribution in [0.2, 0.25) is 0 Å². The molecular weight excluding hydrogens is 266 g/mol. The van der Waals surface area contributed by atoms with Crippen molar-refractivity contribution in [2.24, 2.45) is 7.05 Å². The van der Waals surface area contributed by atoms with Crippen LogP contribution in [-0.4, -0.2) is 34.9 Å². The van der Waals surface area contributed by atoms with Crippen molar-refractivity contribution in [3.63, 3.8) is 0 Å². The van der Waals surface area contributed by atoms with E-state index in [9.17, 15) is 0 Å². The number of ether oxygens (including phenoxy) is 1. The Bertz CT molecular complexity index is 586. The molecule has 0 spiro atoms. The molecule has 21 heavy (non-hydrogen) atoms. The molecular formula is C16H25N3O2. The first-order valence-electron chi connectivity index (χ1n) is 7.26. The summed E-state index contributed by atoms with van der Waals surface area (Å²) in [5, 5.41) is 4.49. The Morgan fingerprint density at radius 2 is 2.05 bits per heavy atom. The highest BCUT2D eigenvalue weighted by Gasteiger charge is 2.16. The van der Waals surface area contributed by atoms with Crippen LogP contribution in [0.4, 0.5) is 0 Å². The summed E-state index contributed by atoms with van der Waals surface area (Å²) in [6, 6.07) is 2.00. The molecule has 2 aromatic rings. The Hall–Kier alpha value is -1.59. The van der Waals surface area contributed by atoms with Gasteiger partial charge in [-0.05, 0) is 32.4 Å². The van der Waals surface area contributed by atoms with E-state index in [1.807, 2.05) is 17.8 Å². The van der Waals surface area contributed by atoms with Gasteiger partial charge in [-0.2, -0.15) is 5.10 Å². The fraction of sp³-hybridized carbons (Fsp3) is 0.562. The van der Waals surface area contributed by atoms with Crippen molar-refractivity contribution in [3.8, 4) is 0 Å². The maximum atomic E-state index is 5.57. The quantitative estimate of drug-likeness (QED) is 0.786. The van der Waals surface area contributed by atoms with Crippen LogP contribution in [-0.2, 0) is 24.9 Å². The molecule has 2 rings (SSSR count). The van der Waals surface area contributed by atoms with Crippen LogP contribution >= 0.6 is 0 Å². The molecule has 0 aliphatic carbocycles. The molecule has 2 aromatic heterocycles. The molecule has 0 bridgehead atoms. The minimum atomic E-state index is 0.706. The van der Waals surface area contributed by atoms with Gasteiger partial charge < -0.3 is 9.15 Å². The third kappa shape index (κ3) is 3.74. The number of nitrogens with zero attached hydrogens (tertiary/aromatic N) is 3. The van der Waals surface area contributed by atoms with Crippen LogP contribution in [0.1, 0.15) is 28.3 Å². The van der Waals surface area contributed by atoms with Gasteiger partial charge in [0.2, 0.25) is 0 Å². The van der Waals surface area contributed by atoms with E-state index in [0.717, 1.165) is 31.1 Å². The fourth-order valence-electron chi connectivity index (χ4n) is 2.47. The van der Waals surface area contributed by atoms with E-state index in [1.165, 1.54) is 16.8 Å². The lowest BCUT2D eigenvalue weighted by atomic mass is 10.1. The van der Waals surface area contributed by atoms with Crippen molar-refractivity contribution in [2.75, 3.05) is 20.3 Å². The second kappa shape index (κ2) is 6.91. The smallest absolute Gasteiger partial charge is 0.120 e. The number of rotatable bonds is 7. The molecule has 0 atom stereocenters. The van der Waals surface area contributed by atoms with Crippen LogP contribution in [0.3, 0.4) is 0 Å². The van der Waals surface area contributed by atoms with E-state index in [-0.39, 0.29) is 0 Å². The average Bonchev–Trinajstić information content (AvgIpc) is 2.95. The molecule has 0 radical (unpaired) electrons. The lowest BCUT2D eigenvalue weighted by Crippen LogP contribution is -2.27. The van der Waals surface area contributed by atoms with Crippen molar-refractivity contribution in [1.82, 2.24) is 14.7 Å². The van der Waals surface area contributed by atoms with Gasteiger partial charge >= 0.3 is 0 Å². The number of methoxy groups -OCH3 is 1. The van der Waals surface area contributed by atoms with Gasteiger partial charge in [0.1, 0.15) is 5.76 Å². The molecule has 0 N–H and O–H groups in total. The lowest BCUT2D eigenvalue weighted by Gasteiger charge is -2.21. The van der Waals surface area contributed by atoms with Gasteiger partial charge in [-0.3, -0.25) is 9.58 Å². The van der Waals surface area contributed by atoms with Gasteiger partial charge in [-0.1, -0.05) is 0 Å². The van der Waals surface area contributed by atoms with Crippen LogP contribution in [0.15, 0.2) is 16.7 Å². The summed E-state index contributed by atoms with van der Waals surface area (Å²) in [7, 11) is 3.72. The Morgan fingerprint density at radius 1 is 1.29 bits per heavy atom. The monoisotopic (exact) mass is 291 g/mol. The first-order chi connectivity index (χ1) is 10.0. The maximum absolute atomic E-state index is 5.57. The van der Waals surface area contributed by atoms with Crippen LogP contribution in [0.25, 0.3) is 0 Å². The number of furan rings is 1. The summed E-state index contributed by atoms with van der Waals surface area (Å²) in [6.07, 6.45) is 1.75. The highest BCUT2D eigenvalue weighted by molar-refractivity contribution is 5.24. The summed E-state index contributed by atoms with van der Waals surface area (Å²) in [4.78, 5) is 2.34. The largest absolute Gasteiger partial charge is 0.468 e. The first-order valence-corrected chi connectivity index (χ1v) is 7.26. The number of aryl methyl sites for hydroxylation is 3. The van der Waals surface area contributed by atoms with E-state index in [2.05, 4.69) is 30.8 Å². The molecule has 5 nitrogen and oxygen atoms in total. The third-order valence-corrected chi connectivity index (χ3v) is 3.99. The van der Waals surface area contributed by atoms with Crippen LogP contribution < -0.4 is 0 Å². The second-order valence-electron chi connectivity index (χ2n) is 5.50. The van der Waals surface area contributed by atoms with Gasteiger partial charge in [-0.15, -0.1) is 0 Å². The molecule has 0 saturated carbocycles. The van der Waals surface area contributed by atoms with Crippen molar-refractivity contribution >= 4 is 0 Å². The minimum Gasteiger partial charge on any atom is -0.468 e. The first kappa shape index (κ1) is 15.8. The Morgan fingerprint density at radius 3 is 2.57 bits per heavy atom. The Balaban J connectivity index is 2.14. The second-order valence-corrected chi connectivity index (χ2v) is 5.50. The Labute approximate surface area is 126 Å². The molecule has 0 aliphatic heterocycles. The summed E-state index contributed by atoms with van der Waals surface area (Å²) in [5.41, 5.74) is 4.79. The predicted molar refractivity (Wildman–Crippen MR) is 82.1 cm³/mol. The molecule has 0 aliphatic rings. The highest BCUT2D eigenvalue weighted by Crippen LogP contribution is 2.18. The molecule has 0 unspecified atom stereocenters. The van der Waals surface area contributed by atoms with E-state index >= 15 is 0 Å². The lowest BCUT2D eigenvalue weighted by molar-refractivity contribution is 0.134. The normalized spacial score (nSPS) is 11.5. The zero-order valence-corrected chi connectivity index (χ0v) is 13.6. The number of hydrogen-bond donors (Lipinski definition) is 0. The number of hydrogen-bond acceptors (Lipinski definition) is 4. The SMILES string of the molecule is COCCN(Cc1occc1C)Cc1c(C)nn(C)c1C. The van der Waals surface area contributed by atoms with E-state index in [1.54, 1.807) is 13.4 Å². The summed E-state index contributed by atoms with van der Waals surface area (Å²) in [6.45, 7) is 9.47. The number of aromatic nitrogens is 2. The maximum Gasteiger partial charge on any atom is 0.120 e. The molecule has 2 heterocycles. The van der Waals surface area contributed by atoms with E-state index < -0.39 is 0 Å². The molecule has 0 amide bonds. The third-order valence-electron chi connectivity index (χ3n) is 3.99. The topological polar surface area (TPSA) is 43.4 Å². The summed E-state index contributed by atoms with van der Waals surface area (Å²) in [5.74, 6) is 1.02. The van der Waals surface area contributed by atoms with Crippen LogP contribution in [0.5, 0.6) is 0 Å². The van der Waals surface area contributed by atoms with Gasteiger partial charge in [0.25, 0.3) is 0 Å². The van der Waals surface area contributed by atoms with E-state index in [0.29, 0.717) is 6.61 Å². The van der Waals surface area contributed by atoms with Crippen LogP contribution in [0, 0.1) is 20.8 Å². The molecule has 0 aromatic carbocycles. The van der Waals surface area contributed by atoms with Gasteiger partial charge in [0, 0.05) is 38.5 Å². The molecule has 0 saturated heterocycles. The molecule has 116 valence electrons. The Kier molecular flexibility index (Phi) is 5.20. The molecule has 5 heteroatoms. The van der Waals surface area contributed by atoms with Crippen molar-refractivity contribution in [3.05, 3.63) is 40.6 Å². The predicted octanol–water partition coefficient (Wildman–Crippen LogP) is 2.59. The van der Waals surface area contributed by atoms with Gasteiger partial charge in [0.15, 0.2) is 0 Å².